The molecule has 0 fully saturated rings. The number of ether oxygens (including phenoxy) is 1. The van der Waals surface area contributed by atoms with Gasteiger partial charge < -0.3 is 10.1 Å². The molecular weight excluding hydrogens is 400 g/mol. The fourth-order valence-electron chi connectivity index (χ4n) is 3.11. The van der Waals surface area contributed by atoms with Crippen LogP contribution < -0.4 is 14.8 Å². The number of methoxy groups -OCH3 is 1. The number of rotatable bonds is 7. The van der Waals surface area contributed by atoms with Crippen molar-refractivity contribution < 1.29 is 17.9 Å². The third-order valence-corrected chi connectivity index (χ3v) is 6.18. The number of carbonyl (C=O) groups is 1. The second-order valence-electron chi connectivity index (χ2n) is 6.87. The summed E-state index contributed by atoms with van der Waals surface area (Å²) >= 11 is 0. The first-order valence-corrected chi connectivity index (χ1v) is 10.9. The molecule has 0 spiro atoms. The molecule has 0 aliphatic rings. The Morgan fingerprint density at radius 2 is 1.57 bits per heavy atom. The van der Waals surface area contributed by atoms with Gasteiger partial charge in [-0.2, -0.15) is 0 Å². The van der Waals surface area contributed by atoms with Crippen molar-refractivity contribution in [3.63, 3.8) is 0 Å². The van der Waals surface area contributed by atoms with Crippen molar-refractivity contribution in [3.8, 4) is 16.9 Å². The summed E-state index contributed by atoms with van der Waals surface area (Å²) in [6.45, 7) is 3.13. The third kappa shape index (κ3) is 5.06. The van der Waals surface area contributed by atoms with Gasteiger partial charge in [-0.3, -0.25) is 4.79 Å². The van der Waals surface area contributed by atoms with Crippen LogP contribution in [0, 0.1) is 0 Å². The molecule has 0 bridgehead atoms. The van der Waals surface area contributed by atoms with E-state index in [4.69, 9.17) is 4.74 Å². The highest BCUT2D eigenvalue weighted by molar-refractivity contribution is 7.89. The highest BCUT2D eigenvalue weighted by atomic mass is 32.2. The van der Waals surface area contributed by atoms with E-state index in [1.807, 2.05) is 54.6 Å². The van der Waals surface area contributed by atoms with Gasteiger partial charge in [0.05, 0.1) is 17.7 Å². The normalized spacial score (nSPS) is 12.2. The third-order valence-electron chi connectivity index (χ3n) is 4.64. The van der Waals surface area contributed by atoms with E-state index in [1.54, 1.807) is 6.92 Å². The van der Waals surface area contributed by atoms with Crippen LogP contribution in [0.3, 0.4) is 0 Å². The van der Waals surface area contributed by atoms with Crippen molar-refractivity contribution in [3.05, 3.63) is 78.4 Å². The van der Waals surface area contributed by atoms with E-state index in [1.165, 1.54) is 32.2 Å². The van der Waals surface area contributed by atoms with Gasteiger partial charge in [-0.15, -0.1) is 0 Å². The Morgan fingerprint density at radius 3 is 2.17 bits per heavy atom. The molecule has 3 aromatic rings. The first-order valence-electron chi connectivity index (χ1n) is 9.43. The number of nitrogens with one attached hydrogen (secondary N) is 2. The Morgan fingerprint density at radius 1 is 0.933 bits per heavy atom. The predicted molar refractivity (Wildman–Crippen MR) is 118 cm³/mol. The van der Waals surface area contributed by atoms with Gasteiger partial charge in [0.2, 0.25) is 15.9 Å². The van der Waals surface area contributed by atoms with Crippen LogP contribution in [0.1, 0.15) is 25.5 Å². The van der Waals surface area contributed by atoms with E-state index in [0.717, 1.165) is 16.7 Å². The Balaban J connectivity index is 1.80. The molecule has 3 rings (SSSR count). The van der Waals surface area contributed by atoms with Crippen LogP contribution in [-0.2, 0) is 14.8 Å². The molecule has 6 nitrogen and oxygen atoms in total. The largest absolute Gasteiger partial charge is 0.495 e. The minimum atomic E-state index is -3.81. The van der Waals surface area contributed by atoms with Gasteiger partial charge in [0.25, 0.3) is 0 Å². The fraction of sp³-hybridized carbons (Fsp3) is 0.174. The first-order chi connectivity index (χ1) is 14.3. The highest BCUT2D eigenvalue weighted by Gasteiger charge is 2.20. The summed E-state index contributed by atoms with van der Waals surface area (Å²) in [4.78, 5) is 11.4. The molecule has 7 heteroatoms. The zero-order valence-electron chi connectivity index (χ0n) is 17.0. The maximum absolute atomic E-state index is 12.9. The van der Waals surface area contributed by atoms with Crippen LogP contribution in [0.25, 0.3) is 11.1 Å². The molecule has 3 aromatic carbocycles. The smallest absolute Gasteiger partial charge is 0.241 e. The van der Waals surface area contributed by atoms with Crippen molar-refractivity contribution in [1.82, 2.24) is 4.72 Å². The topological polar surface area (TPSA) is 84.5 Å². The van der Waals surface area contributed by atoms with Crippen molar-refractivity contribution >= 4 is 21.6 Å². The average Bonchev–Trinajstić information content (AvgIpc) is 2.73. The molecular formula is C23H24N2O4S. The number of anilines is 1. The highest BCUT2D eigenvalue weighted by Crippen LogP contribution is 2.28. The molecule has 0 radical (unpaired) electrons. The van der Waals surface area contributed by atoms with Crippen LogP contribution in [0.15, 0.2) is 77.7 Å². The Kier molecular flexibility index (Phi) is 6.54. The van der Waals surface area contributed by atoms with E-state index < -0.39 is 16.1 Å². The molecule has 2 N–H and O–H groups in total. The Bertz CT molecular complexity index is 1130. The van der Waals surface area contributed by atoms with Gasteiger partial charge in [-0.25, -0.2) is 13.1 Å². The zero-order chi connectivity index (χ0) is 21.7. The molecule has 0 saturated carbocycles. The van der Waals surface area contributed by atoms with E-state index in [2.05, 4.69) is 10.0 Å². The van der Waals surface area contributed by atoms with Crippen LogP contribution in [-0.4, -0.2) is 21.4 Å². The van der Waals surface area contributed by atoms with Gasteiger partial charge in [0.15, 0.2) is 0 Å². The Labute approximate surface area is 177 Å². The van der Waals surface area contributed by atoms with Gasteiger partial charge in [0.1, 0.15) is 5.75 Å². The van der Waals surface area contributed by atoms with E-state index in [0.29, 0.717) is 11.4 Å². The predicted octanol–water partition coefficient (Wildman–Crippen LogP) is 4.36. The van der Waals surface area contributed by atoms with Crippen molar-refractivity contribution in [2.75, 3.05) is 12.4 Å². The lowest BCUT2D eigenvalue weighted by Crippen LogP contribution is -2.27. The van der Waals surface area contributed by atoms with Crippen molar-refractivity contribution in [2.24, 2.45) is 0 Å². The molecule has 0 aromatic heterocycles. The van der Waals surface area contributed by atoms with Crippen LogP contribution in [0.4, 0.5) is 5.69 Å². The van der Waals surface area contributed by atoms with Gasteiger partial charge >= 0.3 is 0 Å². The molecule has 1 atom stereocenters. The molecule has 156 valence electrons. The van der Waals surface area contributed by atoms with Crippen LogP contribution in [0.5, 0.6) is 5.75 Å². The second kappa shape index (κ2) is 9.11. The van der Waals surface area contributed by atoms with E-state index in [-0.39, 0.29) is 10.8 Å². The van der Waals surface area contributed by atoms with Crippen molar-refractivity contribution in [2.45, 2.75) is 24.8 Å². The lowest BCUT2D eigenvalue weighted by Gasteiger charge is -2.17. The fourth-order valence-corrected chi connectivity index (χ4v) is 4.36. The van der Waals surface area contributed by atoms with Gasteiger partial charge in [-0.1, -0.05) is 54.6 Å². The molecule has 0 aliphatic heterocycles. The molecule has 30 heavy (non-hydrogen) atoms. The number of sulfonamides is 1. The summed E-state index contributed by atoms with van der Waals surface area (Å²) in [5.41, 5.74) is 3.30. The van der Waals surface area contributed by atoms with Crippen LogP contribution >= 0.6 is 0 Å². The number of benzene rings is 3. The molecule has 0 heterocycles. The SMILES string of the molecule is COc1ccc(S(=O)(=O)N[C@@H](C)c2ccc(-c3ccccc3)cc2)cc1NC(C)=O. The standard InChI is InChI=1S/C23H24N2O4S/c1-16(18-9-11-20(12-10-18)19-7-5-4-6-8-19)25-30(27,28)21-13-14-23(29-3)22(15-21)24-17(2)26/h4-16,25H,1-3H3,(H,24,26)/t16-/m0/s1. The lowest BCUT2D eigenvalue weighted by atomic mass is 10.0. The second-order valence-corrected chi connectivity index (χ2v) is 8.59. The number of hydrogen-bond donors (Lipinski definition) is 2. The lowest BCUT2D eigenvalue weighted by molar-refractivity contribution is -0.114. The maximum atomic E-state index is 12.9. The maximum Gasteiger partial charge on any atom is 0.241 e. The summed E-state index contributed by atoms with van der Waals surface area (Å²) in [7, 11) is -2.36. The first kappa shape index (κ1) is 21.5. The Hall–Kier alpha value is -3.16. The van der Waals surface area contributed by atoms with E-state index in [9.17, 15) is 13.2 Å². The van der Waals surface area contributed by atoms with E-state index >= 15 is 0 Å². The van der Waals surface area contributed by atoms with Gasteiger partial charge in [-0.05, 0) is 41.8 Å². The summed E-state index contributed by atoms with van der Waals surface area (Å²) in [6, 6.07) is 21.6. The molecule has 0 aliphatic carbocycles. The number of amides is 1. The number of carbonyl (C=O) groups excluding carboxylic acids is 1. The molecule has 1 amide bonds. The summed E-state index contributed by atoms with van der Waals surface area (Å²) in [5.74, 6) is 0.0661. The molecule has 0 saturated heterocycles. The minimum Gasteiger partial charge on any atom is -0.495 e. The summed E-state index contributed by atoms with van der Waals surface area (Å²) in [5, 5.41) is 2.59. The monoisotopic (exact) mass is 424 g/mol. The summed E-state index contributed by atoms with van der Waals surface area (Å²) in [6.07, 6.45) is 0. The quantitative estimate of drug-likeness (QED) is 0.590. The zero-order valence-corrected chi connectivity index (χ0v) is 17.9. The van der Waals surface area contributed by atoms with Gasteiger partial charge in [0, 0.05) is 13.0 Å². The number of hydrogen-bond acceptors (Lipinski definition) is 4. The minimum absolute atomic E-state index is 0.0415. The average molecular weight is 425 g/mol. The molecule has 0 unspecified atom stereocenters. The van der Waals surface area contributed by atoms with Crippen LogP contribution in [0.2, 0.25) is 0 Å². The summed E-state index contributed by atoms with van der Waals surface area (Å²) < 4.78 is 33.6. The van der Waals surface area contributed by atoms with Crippen molar-refractivity contribution in [1.29, 1.82) is 0 Å².